The van der Waals surface area contributed by atoms with Crippen molar-refractivity contribution >= 4 is 0 Å². The highest BCUT2D eigenvalue weighted by molar-refractivity contribution is 4.92. The van der Waals surface area contributed by atoms with E-state index in [1.54, 1.807) is 0 Å². The van der Waals surface area contributed by atoms with Gasteiger partial charge in [0, 0.05) is 6.04 Å². The average Bonchev–Trinajstić information content (AvgIpc) is 2.32. The van der Waals surface area contributed by atoms with E-state index in [2.05, 4.69) is 32.8 Å². The summed E-state index contributed by atoms with van der Waals surface area (Å²) in [6, 6.07) is 0.826. The van der Waals surface area contributed by atoms with Crippen LogP contribution in [-0.2, 0) is 0 Å². The molecule has 0 aliphatic heterocycles. The Kier molecular flexibility index (Phi) is 2.58. The Morgan fingerprint density at radius 2 is 2.09 bits per heavy atom. The molecule has 0 aromatic carbocycles. The third-order valence-electron chi connectivity index (χ3n) is 3.46. The van der Waals surface area contributed by atoms with E-state index in [1.807, 2.05) is 0 Å². The maximum atomic E-state index is 2.44. The second kappa shape index (κ2) is 3.14. The van der Waals surface area contributed by atoms with Gasteiger partial charge in [-0.05, 0) is 38.8 Å². The molecule has 1 rings (SSSR count). The maximum absolute atomic E-state index is 2.44. The molecular formula is C10H21N. The predicted molar refractivity (Wildman–Crippen MR) is 49.7 cm³/mol. The lowest BCUT2D eigenvalue weighted by Gasteiger charge is -2.35. The lowest BCUT2D eigenvalue weighted by atomic mass is 9.82. The summed E-state index contributed by atoms with van der Waals surface area (Å²) in [7, 11) is 4.42. The molecule has 1 aliphatic carbocycles. The zero-order valence-corrected chi connectivity index (χ0v) is 8.35. The van der Waals surface area contributed by atoms with E-state index in [1.165, 1.54) is 25.7 Å². The highest BCUT2D eigenvalue weighted by atomic mass is 15.1. The van der Waals surface area contributed by atoms with Gasteiger partial charge in [0.25, 0.3) is 0 Å². The minimum Gasteiger partial charge on any atom is -0.306 e. The van der Waals surface area contributed by atoms with Crippen LogP contribution in [0.5, 0.6) is 0 Å². The predicted octanol–water partition coefficient (Wildman–Crippen LogP) is 2.52. The van der Waals surface area contributed by atoms with Crippen LogP contribution in [0.1, 0.15) is 39.5 Å². The normalized spacial score (nSPS) is 38.5. The molecule has 1 nitrogen and oxygen atoms in total. The van der Waals surface area contributed by atoms with Gasteiger partial charge in [0.05, 0.1) is 0 Å². The van der Waals surface area contributed by atoms with E-state index >= 15 is 0 Å². The highest BCUT2D eigenvalue weighted by Gasteiger charge is 2.37. The average molecular weight is 155 g/mol. The molecule has 11 heavy (non-hydrogen) atoms. The van der Waals surface area contributed by atoms with Crippen molar-refractivity contribution in [3.05, 3.63) is 0 Å². The monoisotopic (exact) mass is 155 g/mol. The topological polar surface area (TPSA) is 3.24 Å². The summed E-state index contributed by atoms with van der Waals surface area (Å²) in [5.41, 5.74) is 0.601. The van der Waals surface area contributed by atoms with Crippen molar-refractivity contribution < 1.29 is 0 Å². The molecule has 2 atom stereocenters. The van der Waals surface area contributed by atoms with Gasteiger partial charge in [-0.15, -0.1) is 0 Å². The smallest absolute Gasteiger partial charge is 0.0143 e. The molecule has 0 aromatic rings. The van der Waals surface area contributed by atoms with Crippen LogP contribution in [0, 0.1) is 5.41 Å². The van der Waals surface area contributed by atoms with Crippen molar-refractivity contribution in [2.75, 3.05) is 14.1 Å². The summed E-state index contributed by atoms with van der Waals surface area (Å²) in [4.78, 5) is 2.40. The summed E-state index contributed by atoms with van der Waals surface area (Å²) >= 11 is 0. The molecule has 0 bridgehead atoms. The first-order valence-corrected chi connectivity index (χ1v) is 4.76. The van der Waals surface area contributed by atoms with Gasteiger partial charge >= 0.3 is 0 Å². The highest BCUT2D eigenvalue weighted by Crippen LogP contribution is 2.42. The van der Waals surface area contributed by atoms with Crippen molar-refractivity contribution in [3.8, 4) is 0 Å². The number of rotatable bonds is 2. The second-order valence-electron chi connectivity index (χ2n) is 4.38. The number of hydrogen-bond acceptors (Lipinski definition) is 1. The molecule has 1 saturated carbocycles. The Labute approximate surface area is 70.8 Å². The van der Waals surface area contributed by atoms with Crippen LogP contribution in [0.25, 0.3) is 0 Å². The van der Waals surface area contributed by atoms with Crippen LogP contribution in [-0.4, -0.2) is 25.0 Å². The zero-order valence-electron chi connectivity index (χ0n) is 8.35. The van der Waals surface area contributed by atoms with Crippen molar-refractivity contribution in [1.29, 1.82) is 0 Å². The maximum Gasteiger partial charge on any atom is 0.0143 e. The van der Waals surface area contributed by atoms with Gasteiger partial charge in [-0.25, -0.2) is 0 Å². The lowest BCUT2D eigenvalue weighted by molar-refractivity contribution is 0.146. The molecule has 1 heteroatoms. The van der Waals surface area contributed by atoms with Crippen LogP contribution in [0.2, 0.25) is 0 Å². The van der Waals surface area contributed by atoms with E-state index < -0.39 is 0 Å². The Hall–Kier alpha value is -0.0400. The van der Waals surface area contributed by atoms with Crippen molar-refractivity contribution in [2.45, 2.75) is 45.6 Å². The van der Waals surface area contributed by atoms with Gasteiger partial charge in [-0.1, -0.05) is 20.3 Å². The van der Waals surface area contributed by atoms with E-state index in [0.29, 0.717) is 5.41 Å². The van der Waals surface area contributed by atoms with Crippen LogP contribution in [0.15, 0.2) is 0 Å². The molecule has 0 heterocycles. The van der Waals surface area contributed by atoms with E-state index in [4.69, 9.17) is 0 Å². The van der Waals surface area contributed by atoms with Gasteiger partial charge in [0.2, 0.25) is 0 Å². The Bertz CT molecular complexity index is 131. The van der Waals surface area contributed by atoms with Crippen molar-refractivity contribution in [1.82, 2.24) is 4.90 Å². The van der Waals surface area contributed by atoms with Gasteiger partial charge in [0.15, 0.2) is 0 Å². The fourth-order valence-electron chi connectivity index (χ4n) is 2.51. The van der Waals surface area contributed by atoms with Gasteiger partial charge in [-0.3, -0.25) is 0 Å². The molecular weight excluding hydrogens is 134 g/mol. The fourth-order valence-corrected chi connectivity index (χ4v) is 2.51. The van der Waals surface area contributed by atoms with Crippen LogP contribution in [0.3, 0.4) is 0 Å². The second-order valence-corrected chi connectivity index (χ2v) is 4.38. The minimum absolute atomic E-state index is 0.601. The van der Waals surface area contributed by atoms with Gasteiger partial charge < -0.3 is 4.90 Å². The van der Waals surface area contributed by atoms with Crippen LogP contribution >= 0.6 is 0 Å². The Morgan fingerprint density at radius 3 is 2.45 bits per heavy atom. The molecule has 0 radical (unpaired) electrons. The SMILES string of the molecule is CC[C@@]1(C)CCC[C@H]1N(C)C. The third-order valence-corrected chi connectivity index (χ3v) is 3.46. The Morgan fingerprint density at radius 1 is 1.45 bits per heavy atom. The number of hydrogen-bond donors (Lipinski definition) is 0. The first-order valence-electron chi connectivity index (χ1n) is 4.76. The molecule has 66 valence electrons. The summed E-state index contributed by atoms with van der Waals surface area (Å²) in [5, 5.41) is 0. The van der Waals surface area contributed by atoms with Crippen LogP contribution in [0.4, 0.5) is 0 Å². The molecule has 1 fully saturated rings. The minimum atomic E-state index is 0.601. The molecule has 0 aromatic heterocycles. The quantitative estimate of drug-likeness (QED) is 0.592. The first-order chi connectivity index (χ1) is 5.10. The zero-order chi connectivity index (χ0) is 8.48. The first kappa shape index (κ1) is 9.05. The summed E-state index contributed by atoms with van der Waals surface area (Å²) in [6.07, 6.45) is 5.58. The molecule has 0 amide bonds. The molecule has 0 saturated heterocycles. The van der Waals surface area contributed by atoms with Crippen LogP contribution < -0.4 is 0 Å². The summed E-state index contributed by atoms with van der Waals surface area (Å²) in [6.45, 7) is 4.76. The third kappa shape index (κ3) is 1.58. The lowest BCUT2D eigenvalue weighted by Crippen LogP contribution is -2.38. The largest absolute Gasteiger partial charge is 0.306 e. The molecule has 0 spiro atoms. The molecule has 0 N–H and O–H groups in total. The van der Waals surface area contributed by atoms with Gasteiger partial charge in [0.1, 0.15) is 0 Å². The summed E-state index contributed by atoms with van der Waals surface area (Å²) < 4.78 is 0. The van der Waals surface area contributed by atoms with Crippen molar-refractivity contribution in [2.24, 2.45) is 5.41 Å². The summed E-state index contributed by atoms with van der Waals surface area (Å²) in [5.74, 6) is 0. The van der Waals surface area contributed by atoms with E-state index in [0.717, 1.165) is 6.04 Å². The van der Waals surface area contributed by atoms with Gasteiger partial charge in [-0.2, -0.15) is 0 Å². The Balaban J connectivity index is 2.64. The standard InChI is InChI=1S/C10H21N/c1-5-10(2)8-6-7-9(10)11(3)4/h9H,5-8H2,1-4H3/t9-,10+/m1/s1. The molecule has 0 unspecified atom stereocenters. The number of nitrogens with zero attached hydrogens (tertiary/aromatic N) is 1. The van der Waals surface area contributed by atoms with E-state index in [9.17, 15) is 0 Å². The van der Waals surface area contributed by atoms with Crippen molar-refractivity contribution in [3.63, 3.8) is 0 Å². The fraction of sp³-hybridized carbons (Fsp3) is 1.00. The molecule has 1 aliphatic rings. The van der Waals surface area contributed by atoms with E-state index in [-0.39, 0.29) is 0 Å².